The lowest BCUT2D eigenvalue weighted by atomic mass is 10.1. The van der Waals surface area contributed by atoms with Crippen molar-refractivity contribution in [3.8, 4) is 6.07 Å². The van der Waals surface area contributed by atoms with Crippen molar-refractivity contribution in [1.82, 2.24) is 0 Å². The summed E-state index contributed by atoms with van der Waals surface area (Å²) >= 11 is 11.7. The fourth-order valence-electron chi connectivity index (χ4n) is 1.29. The Bertz CT molecular complexity index is 465. The standard InChI is InChI=1S/C10H6Cl2N2O/c11-8-2-1-6(3-9(8)12)10-4-7(5-13)15-14-10/h1-3,7H,4H2. The smallest absolute Gasteiger partial charge is 0.218 e. The molecule has 0 amide bonds. The van der Waals surface area contributed by atoms with E-state index in [2.05, 4.69) is 5.16 Å². The quantitative estimate of drug-likeness (QED) is 0.758. The molecule has 0 aromatic heterocycles. The zero-order chi connectivity index (χ0) is 10.8. The zero-order valence-electron chi connectivity index (χ0n) is 7.58. The van der Waals surface area contributed by atoms with Crippen LogP contribution in [0.5, 0.6) is 0 Å². The summed E-state index contributed by atoms with van der Waals surface area (Å²) in [5.41, 5.74) is 1.56. The molecule has 1 aromatic rings. The van der Waals surface area contributed by atoms with Gasteiger partial charge >= 0.3 is 0 Å². The number of nitrogens with zero attached hydrogens (tertiary/aromatic N) is 2. The van der Waals surface area contributed by atoms with Gasteiger partial charge in [0.05, 0.1) is 15.8 Å². The van der Waals surface area contributed by atoms with Crippen molar-refractivity contribution in [1.29, 1.82) is 5.26 Å². The molecule has 0 bridgehead atoms. The third-order valence-corrected chi connectivity index (χ3v) is 2.80. The van der Waals surface area contributed by atoms with Crippen LogP contribution in [0.2, 0.25) is 10.0 Å². The van der Waals surface area contributed by atoms with E-state index in [1.54, 1.807) is 18.2 Å². The van der Waals surface area contributed by atoms with Crippen LogP contribution in [0.1, 0.15) is 12.0 Å². The predicted molar refractivity (Wildman–Crippen MR) is 58.1 cm³/mol. The molecule has 1 unspecified atom stereocenters. The number of nitriles is 1. The molecular weight excluding hydrogens is 235 g/mol. The average molecular weight is 241 g/mol. The summed E-state index contributed by atoms with van der Waals surface area (Å²) in [5.74, 6) is 0. The molecule has 2 rings (SSSR count). The van der Waals surface area contributed by atoms with E-state index in [1.807, 2.05) is 6.07 Å². The van der Waals surface area contributed by atoms with Crippen molar-refractivity contribution in [2.24, 2.45) is 5.16 Å². The minimum atomic E-state index is -0.491. The van der Waals surface area contributed by atoms with Crippen LogP contribution in [-0.2, 0) is 4.84 Å². The van der Waals surface area contributed by atoms with Gasteiger partial charge in [-0.1, -0.05) is 34.4 Å². The van der Waals surface area contributed by atoms with Crippen molar-refractivity contribution in [2.45, 2.75) is 12.5 Å². The Balaban J connectivity index is 2.25. The predicted octanol–water partition coefficient (Wildman–Crippen LogP) is 3.01. The van der Waals surface area contributed by atoms with Crippen LogP contribution in [-0.4, -0.2) is 11.8 Å². The molecule has 0 spiro atoms. The van der Waals surface area contributed by atoms with Gasteiger partial charge < -0.3 is 4.84 Å². The second-order valence-electron chi connectivity index (χ2n) is 3.09. The average Bonchev–Trinajstić information content (AvgIpc) is 2.70. The number of hydrogen-bond acceptors (Lipinski definition) is 3. The van der Waals surface area contributed by atoms with Crippen LogP contribution in [0, 0.1) is 11.3 Å². The van der Waals surface area contributed by atoms with E-state index in [1.165, 1.54) is 0 Å². The maximum absolute atomic E-state index is 8.63. The Morgan fingerprint density at radius 3 is 2.80 bits per heavy atom. The lowest BCUT2D eigenvalue weighted by Crippen LogP contribution is -2.05. The first-order valence-corrected chi connectivity index (χ1v) is 5.04. The van der Waals surface area contributed by atoms with Crippen molar-refractivity contribution in [2.75, 3.05) is 0 Å². The van der Waals surface area contributed by atoms with Crippen LogP contribution < -0.4 is 0 Å². The number of oxime groups is 1. The molecule has 3 nitrogen and oxygen atoms in total. The lowest BCUT2D eigenvalue weighted by Gasteiger charge is -2.00. The second kappa shape index (κ2) is 4.09. The van der Waals surface area contributed by atoms with Gasteiger partial charge in [0.25, 0.3) is 0 Å². The molecule has 0 radical (unpaired) electrons. The number of benzene rings is 1. The molecule has 1 aromatic carbocycles. The summed E-state index contributed by atoms with van der Waals surface area (Å²) in [6.45, 7) is 0. The van der Waals surface area contributed by atoms with Crippen molar-refractivity contribution in [3.05, 3.63) is 33.8 Å². The zero-order valence-corrected chi connectivity index (χ0v) is 9.09. The summed E-state index contributed by atoms with van der Waals surface area (Å²) in [5, 5.41) is 13.4. The molecule has 0 aliphatic carbocycles. The lowest BCUT2D eigenvalue weighted by molar-refractivity contribution is 0.125. The first-order valence-electron chi connectivity index (χ1n) is 4.28. The summed E-state index contributed by atoms with van der Waals surface area (Å²) in [6, 6.07) is 7.21. The van der Waals surface area contributed by atoms with E-state index >= 15 is 0 Å². The third-order valence-electron chi connectivity index (χ3n) is 2.07. The van der Waals surface area contributed by atoms with Crippen LogP contribution in [0.4, 0.5) is 0 Å². The van der Waals surface area contributed by atoms with Gasteiger partial charge in [0.1, 0.15) is 6.07 Å². The highest BCUT2D eigenvalue weighted by Crippen LogP contribution is 2.25. The first kappa shape index (κ1) is 10.3. The Labute approximate surface area is 96.8 Å². The fourth-order valence-corrected chi connectivity index (χ4v) is 1.59. The largest absolute Gasteiger partial charge is 0.376 e. The van der Waals surface area contributed by atoms with Gasteiger partial charge in [0, 0.05) is 12.0 Å². The van der Waals surface area contributed by atoms with Crippen LogP contribution in [0.3, 0.4) is 0 Å². The van der Waals surface area contributed by atoms with Crippen molar-refractivity contribution in [3.63, 3.8) is 0 Å². The number of hydrogen-bond donors (Lipinski definition) is 0. The van der Waals surface area contributed by atoms with Gasteiger partial charge in [-0.15, -0.1) is 0 Å². The summed E-state index contributed by atoms with van der Waals surface area (Å²) in [4.78, 5) is 4.89. The summed E-state index contributed by atoms with van der Waals surface area (Å²) in [6.07, 6.45) is -0.0106. The van der Waals surface area contributed by atoms with E-state index < -0.39 is 6.10 Å². The molecule has 1 heterocycles. The molecule has 0 N–H and O–H groups in total. The Morgan fingerprint density at radius 2 is 2.20 bits per heavy atom. The highest BCUT2D eigenvalue weighted by atomic mass is 35.5. The van der Waals surface area contributed by atoms with Gasteiger partial charge in [-0.3, -0.25) is 0 Å². The molecule has 5 heteroatoms. The molecule has 15 heavy (non-hydrogen) atoms. The van der Waals surface area contributed by atoms with Gasteiger partial charge in [0.2, 0.25) is 6.10 Å². The molecule has 0 saturated carbocycles. The summed E-state index contributed by atoms with van der Waals surface area (Å²) < 4.78 is 0. The highest BCUT2D eigenvalue weighted by Gasteiger charge is 2.21. The maximum atomic E-state index is 8.63. The van der Waals surface area contributed by atoms with Gasteiger partial charge in [-0.05, 0) is 12.1 Å². The molecule has 1 aliphatic rings. The van der Waals surface area contributed by atoms with Gasteiger partial charge in [0.15, 0.2) is 0 Å². The van der Waals surface area contributed by atoms with E-state index in [-0.39, 0.29) is 0 Å². The maximum Gasteiger partial charge on any atom is 0.218 e. The van der Waals surface area contributed by atoms with Crippen LogP contribution in [0.25, 0.3) is 0 Å². The van der Waals surface area contributed by atoms with E-state index in [9.17, 15) is 0 Å². The van der Waals surface area contributed by atoms with Crippen molar-refractivity contribution < 1.29 is 4.84 Å². The van der Waals surface area contributed by atoms with Gasteiger partial charge in [-0.2, -0.15) is 5.26 Å². The monoisotopic (exact) mass is 240 g/mol. The summed E-state index contributed by atoms with van der Waals surface area (Å²) in [7, 11) is 0. The molecule has 76 valence electrons. The molecule has 1 atom stereocenters. The Kier molecular flexibility index (Phi) is 2.81. The minimum Gasteiger partial charge on any atom is -0.376 e. The Hall–Kier alpha value is -1.24. The van der Waals surface area contributed by atoms with Crippen LogP contribution in [0.15, 0.2) is 23.4 Å². The molecule has 0 saturated heterocycles. The van der Waals surface area contributed by atoms with E-state index in [4.69, 9.17) is 33.3 Å². The third kappa shape index (κ3) is 2.06. The highest BCUT2D eigenvalue weighted by molar-refractivity contribution is 6.42. The number of halogens is 2. The fraction of sp³-hybridized carbons (Fsp3) is 0.200. The van der Waals surface area contributed by atoms with Gasteiger partial charge in [-0.25, -0.2) is 0 Å². The second-order valence-corrected chi connectivity index (χ2v) is 3.91. The van der Waals surface area contributed by atoms with E-state index in [0.29, 0.717) is 16.5 Å². The SMILES string of the molecule is N#CC1CC(c2ccc(Cl)c(Cl)c2)=NO1. The van der Waals surface area contributed by atoms with Crippen molar-refractivity contribution >= 4 is 28.9 Å². The minimum absolute atomic E-state index is 0.470. The van der Waals surface area contributed by atoms with Crippen LogP contribution >= 0.6 is 23.2 Å². The van der Waals surface area contributed by atoms with E-state index in [0.717, 1.165) is 11.3 Å². The first-order chi connectivity index (χ1) is 7.20. The Morgan fingerprint density at radius 1 is 1.40 bits per heavy atom. The number of rotatable bonds is 1. The normalized spacial score (nSPS) is 19.3. The molecule has 1 aliphatic heterocycles. The molecular formula is C10H6Cl2N2O. The molecule has 0 fully saturated rings. The topological polar surface area (TPSA) is 45.4 Å².